The van der Waals surface area contributed by atoms with Crippen LogP contribution in [0.1, 0.15) is 30.5 Å². The minimum Gasteiger partial charge on any atom is -0.447 e. The van der Waals surface area contributed by atoms with Gasteiger partial charge in [0.25, 0.3) is 0 Å². The van der Waals surface area contributed by atoms with Crippen LogP contribution in [0.3, 0.4) is 0 Å². The van der Waals surface area contributed by atoms with E-state index in [1.165, 1.54) is 0 Å². The number of cyclic esters (lactones) is 1. The molecule has 3 atom stereocenters. The molecule has 31 heavy (non-hydrogen) atoms. The SMILES string of the molecule is CO[C@H](C)[C@H]1COC(=O)N1c1ccnc(C[C@@H](C)c2cnc(-c3ccc(Cl)cc3)s2)n1. The molecule has 4 rings (SSSR count). The first-order chi connectivity index (χ1) is 15.0. The fourth-order valence-electron chi connectivity index (χ4n) is 3.44. The van der Waals surface area contributed by atoms with Gasteiger partial charge in [-0.15, -0.1) is 11.3 Å². The van der Waals surface area contributed by atoms with E-state index in [1.54, 1.807) is 35.6 Å². The zero-order chi connectivity index (χ0) is 22.0. The second-order valence-corrected chi connectivity index (χ2v) is 8.96. The van der Waals surface area contributed by atoms with Crippen molar-refractivity contribution in [2.75, 3.05) is 18.6 Å². The van der Waals surface area contributed by atoms with Crippen molar-refractivity contribution < 1.29 is 14.3 Å². The Labute approximate surface area is 190 Å². The van der Waals surface area contributed by atoms with E-state index >= 15 is 0 Å². The van der Waals surface area contributed by atoms with Crippen LogP contribution >= 0.6 is 22.9 Å². The second kappa shape index (κ2) is 9.30. The van der Waals surface area contributed by atoms with Crippen LogP contribution in [0.15, 0.2) is 42.7 Å². The molecule has 0 aliphatic carbocycles. The molecule has 1 aliphatic heterocycles. The topological polar surface area (TPSA) is 77.4 Å². The molecule has 1 saturated heterocycles. The highest BCUT2D eigenvalue weighted by molar-refractivity contribution is 7.15. The van der Waals surface area contributed by atoms with Crippen LogP contribution in [0, 0.1) is 0 Å². The Bertz CT molecular complexity index is 1060. The number of carbonyl (C=O) groups is 1. The first-order valence-electron chi connectivity index (χ1n) is 9.98. The standard InChI is InChI=1S/C22H23ClN4O3S/c1-13(18-11-25-21(31-18)15-4-6-16(23)7-5-15)10-19-24-9-8-20(26-19)27-17(14(2)29-3)12-30-22(27)28/h4-9,11,13-14,17H,10,12H2,1-3H3/t13-,14-,17-/m1/s1. The van der Waals surface area contributed by atoms with Gasteiger partial charge in [-0.05, 0) is 31.0 Å². The average molecular weight is 459 g/mol. The van der Waals surface area contributed by atoms with E-state index in [4.69, 9.17) is 21.1 Å². The lowest BCUT2D eigenvalue weighted by Crippen LogP contribution is -2.42. The Morgan fingerprint density at radius 2 is 2.03 bits per heavy atom. The van der Waals surface area contributed by atoms with Crippen molar-refractivity contribution in [2.45, 2.75) is 38.3 Å². The lowest BCUT2D eigenvalue weighted by Gasteiger charge is -2.24. The molecule has 0 N–H and O–H groups in total. The summed E-state index contributed by atoms with van der Waals surface area (Å²) in [6.45, 7) is 4.30. The van der Waals surface area contributed by atoms with E-state index in [0.717, 1.165) is 15.4 Å². The number of methoxy groups -OCH3 is 1. The van der Waals surface area contributed by atoms with Crippen molar-refractivity contribution in [3.63, 3.8) is 0 Å². The number of anilines is 1. The number of halogens is 1. The zero-order valence-corrected chi connectivity index (χ0v) is 19.1. The molecule has 0 spiro atoms. The fraction of sp³-hybridized carbons (Fsp3) is 0.364. The minimum absolute atomic E-state index is 0.174. The number of hydrogen-bond donors (Lipinski definition) is 0. The van der Waals surface area contributed by atoms with E-state index in [9.17, 15) is 4.79 Å². The summed E-state index contributed by atoms with van der Waals surface area (Å²) in [5, 5.41) is 1.65. The number of benzene rings is 1. The largest absolute Gasteiger partial charge is 0.447 e. The summed E-state index contributed by atoms with van der Waals surface area (Å²) < 4.78 is 10.6. The molecular weight excluding hydrogens is 436 g/mol. The number of amides is 1. The van der Waals surface area contributed by atoms with E-state index < -0.39 is 6.09 Å². The summed E-state index contributed by atoms with van der Waals surface area (Å²) in [5.41, 5.74) is 1.04. The van der Waals surface area contributed by atoms with Crippen LogP contribution in [0.5, 0.6) is 0 Å². The summed E-state index contributed by atoms with van der Waals surface area (Å²) in [6, 6.07) is 9.16. The van der Waals surface area contributed by atoms with Gasteiger partial charge in [-0.1, -0.05) is 30.7 Å². The number of carbonyl (C=O) groups excluding carboxylic acids is 1. The van der Waals surface area contributed by atoms with Gasteiger partial charge in [0.15, 0.2) is 0 Å². The molecule has 3 heterocycles. The molecular formula is C22H23ClN4O3S. The van der Waals surface area contributed by atoms with Gasteiger partial charge in [0.1, 0.15) is 29.3 Å². The van der Waals surface area contributed by atoms with Gasteiger partial charge >= 0.3 is 6.09 Å². The lowest BCUT2D eigenvalue weighted by atomic mass is 10.1. The molecule has 1 aliphatic rings. The van der Waals surface area contributed by atoms with Gasteiger partial charge in [0.05, 0.1) is 6.10 Å². The third kappa shape index (κ3) is 4.71. The maximum Gasteiger partial charge on any atom is 0.416 e. The molecule has 9 heteroatoms. The molecule has 0 radical (unpaired) electrons. The van der Waals surface area contributed by atoms with Crippen molar-refractivity contribution in [3.8, 4) is 10.6 Å². The zero-order valence-electron chi connectivity index (χ0n) is 17.5. The fourth-order valence-corrected chi connectivity index (χ4v) is 4.54. The monoisotopic (exact) mass is 458 g/mol. The molecule has 162 valence electrons. The Hall–Kier alpha value is -2.55. The number of nitrogens with zero attached hydrogens (tertiary/aromatic N) is 4. The van der Waals surface area contributed by atoms with E-state index in [1.807, 2.05) is 37.4 Å². The highest BCUT2D eigenvalue weighted by Crippen LogP contribution is 2.32. The van der Waals surface area contributed by atoms with Crippen LogP contribution in [0.4, 0.5) is 10.6 Å². The van der Waals surface area contributed by atoms with Gasteiger partial charge in [-0.25, -0.2) is 19.7 Å². The van der Waals surface area contributed by atoms with Gasteiger partial charge in [-0.3, -0.25) is 4.90 Å². The molecule has 1 fully saturated rings. The molecule has 3 aromatic rings. The first-order valence-corrected chi connectivity index (χ1v) is 11.2. The molecule has 0 unspecified atom stereocenters. The summed E-state index contributed by atoms with van der Waals surface area (Å²) in [4.78, 5) is 28.6. The smallest absolute Gasteiger partial charge is 0.416 e. The molecule has 1 aromatic carbocycles. The van der Waals surface area contributed by atoms with Gasteiger partial charge in [0, 0.05) is 41.4 Å². The molecule has 7 nitrogen and oxygen atoms in total. The van der Waals surface area contributed by atoms with Crippen LogP contribution in [-0.2, 0) is 15.9 Å². The Morgan fingerprint density at radius 3 is 2.77 bits per heavy atom. The average Bonchev–Trinajstić information content (AvgIpc) is 3.41. The lowest BCUT2D eigenvalue weighted by molar-refractivity contribution is 0.0881. The Balaban J connectivity index is 1.50. The van der Waals surface area contributed by atoms with Crippen molar-refractivity contribution in [1.29, 1.82) is 0 Å². The van der Waals surface area contributed by atoms with Crippen molar-refractivity contribution >= 4 is 34.8 Å². The highest BCUT2D eigenvalue weighted by atomic mass is 35.5. The maximum absolute atomic E-state index is 12.3. The molecule has 2 aromatic heterocycles. The third-order valence-electron chi connectivity index (χ3n) is 5.35. The number of rotatable bonds is 7. The van der Waals surface area contributed by atoms with Crippen molar-refractivity contribution in [3.05, 3.63) is 58.4 Å². The normalized spacial score (nSPS) is 18.1. The molecule has 0 saturated carbocycles. The number of thiazole rings is 1. The second-order valence-electron chi connectivity index (χ2n) is 7.47. The summed E-state index contributed by atoms with van der Waals surface area (Å²) in [6.07, 6.45) is 3.62. The van der Waals surface area contributed by atoms with Crippen LogP contribution in [0.25, 0.3) is 10.6 Å². The Kier molecular flexibility index (Phi) is 6.50. The van der Waals surface area contributed by atoms with Crippen molar-refractivity contribution in [1.82, 2.24) is 15.0 Å². The third-order valence-corrected chi connectivity index (χ3v) is 6.88. The summed E-state index contributed by atoms with van der Waals surface area (Å²) >= 11 is 7.62. The maximum atomic E-state index is 12.3. The van der Waals surface area contributed by atoms with Crippen LogP contribution < -0.4 is 4.90 Å². The van der Waals surface area contributed by atoms with Gasteiger partial charge in [0.2, 0.25) is 0 Å². The van der Waals surface area contributed by atoms with Gasteiger partial charge in [-0.2, -0.15) is 0 Å². The quantitative estimate of drug-likeness (QED) is 0.498. The van der Waals surface area contributed by atoms with Crippen LogP contribution in [-0.4, -0.2) is 46.9 Å². The minimum atomic E-state index is -0.415. The molecule has 0 bridgehead atoms. The number of hydrogen-bond acceptors (Lipinski definition) is 7. The number of ether oxygens (including phenoxy) is 2. The first kappa shape index (κ1) is 21.7. The van der Waals surface area contributed by atoms with Crippen molar-refractivity contribution in [2.24, 2.45) is 0 Å². The predicted octanol–water partition coefficient (Wildman–Crippen LogP) is 4.96. The number of aromatic nitrogens is 3. The summed E-state index contributed by atoms with van der Waals surface area (Å²) in [5.74, 6) is 1.36. The van der Waals surface area contributed by atoms with E-state index in [-0.39, 0.29) is 24.7 Å². The van der Waals surface area contributed by atoms with E-state index in [2.05, 4.69) is 21.9 Å². The van der Waals surface area contributed by atoms with Crippen LogP contribution in [0.2, 0.25) is 5.02 Å². The van der Waals surface area contributed by atoms with E-state index in [0.29, 0.717) is 23.1 Å². The predicted molar refractivity (Wildman–Crippen MR) is 121 cm³/mol. The Morgan fingerprint density at radius 1 is 1.26 bits per heavy atom. The molecule has 1 amide bonds. The highest BCUT2D eigenvalue weighted by Gasteiger charge is 2.39. The van der Waals surface area contributed by atoms with Gasteiger partial charge < -0.3 is 9.47 Å². The summed E-state index contributed by atoms with van der Waals surface area (Å²) in [7, 11) is 1.62.